The largest absolute Gasteiger partial charge is 0.364 e. The normalized spacial score (nSPS) is 26.2. The van der Waals surface area contributed by atoms with Crippen LogP contribution in [-0.2, 0) is 0 Å². The monoisotopic (exact) mass is 389 g/mol. The van der Waals surface area contributed by atoms with E-state index in [-0.39, 0.29) is 5.91 Å². The lowest BCUT2D eigenvalue weighted by atomic mass is 9.74. The van der Waals surface area contributed by atoms with Crippen molar-refractivity contribution in [1.82, 2.24) is 10.2 Å². The van der Waals surface area contributed by atoms with Crippen LogP contribution in [0.4, 0.5) is 5.69 Å². The maximum atomic E-state index is 13.0. The average Bonchev–Trinajstić information content (AvgIpc) is 3.33. The van der Waals surface area contributed by atoms with Crippen molar-refractivity contribution < 1.29 is 4.79 Å². The Hall–Kier alpha value is -2.33. The first-order valence-electron chi connectivity index (χ1n) is 11.3. The molecule has 29 heavy (non-hydrogen) atoms. The summed E-state index contributed by atoms with van der Waals surface area (Å²) in [5.74, 6) is 0.724. The lowest BCUT2D eigenvalue weighted by Gasteiger charge is -2.50. The van der Waals surface area contributed by atoms with Gasteiger partial charge in [0.2, 0.25) is 0 Å². The van der Waals surface area contributed by atoms with E-state index in [4.69, 9.17) is 0 Å². The number of carbonyl (C=O) groups is 1. The van der Waals surface area contributed by atoms with E-state index in [0.29, 0.717) is 18.0 Å². The topological polar surface area (TPSA) is 35.6 Å². The van der Waals surface area contributed by atoms with Crippen molar-refractivity contribution in [3.8, 4) is 0 Å². The molecule has 5 rings (SSSR count). The van der Waals surface area contributed by atoms with Crippen LogP contribution < -0.4 is 10.2 Å². The summed E-state index contributed by atoms with van der Waals surface area (Å²) < 4.78 is 0. The van der Waals surface area contributed by atoms with E-state index in [1.807, 2.05) is 11.0 Å². The number of anilines is 1. The summed E-state index contributed by atoms with van der Waals surface area (Å²) in [5.41, 5.74) is 4.85. The fourth-order valence-corrected chi connectivity index (χ4v) is 5.72. The third-order valence-electron chi connectivity index (χ3n) is 7.04. The number of rotatable bonds is 3. The van der Waals surface area contributed by atoms with Crippen molar-refractivity contribution in [2.45, 2.75) is 44.7 Å². The maximum Gasteiger partial charge on any atom is 0.253 e. The Balaban J connectivity index is 1.57. The number of hydrogen-bond acceptors (Lipinski definition) is 3. The van der Waals surface area contributed by atoms with Crippen LogP contribution in [-0.4, -0.2) is 37.0 Å². The average molecular weight is 390 g/mol. The van der Waals surface area contributed by atoms with Gasteiger partial charge in [-0.2, -0.15) is 0 Å². The number of hydrogen-bond donors (Lipinski definition) is 1. The molecule has 2 aromatic carbocycles. The van der Waals surface area contributed by atoms with E-state index in [9.17, 15) is 4.79 Å². The first-order valence-corrected chi connectivity index (χ1v) is 11.3. The van der Waals surface area contributed by atoms with Gasteiger partial charge in [0.1, 0.15) is 0 Å². The van der Waals surface area contributed by atoms with Gasteiger partial charge in [-0.15, -0.1) is 0 Å². The molecule has 1 unspecified atom stereocenters. The molecule has 0 saturated carbocycles. The molecule has 3 aliphatic heterocycles. The predicted molar refractivity (Wildman–Crippen MR) is 117 cm³/mol. The van der Waals surface area contributed by atoms with Crippen molar-refractivity contribution >= 4 is 11.6 Å². The molecule has 1 amide bonds. The fraction of sp³-hybridized carbons (Fsp3) is 0.480. The van der Waals surface area contributed by atoms with Gasteiger partial charge in [0.15, 0.2) is 0 Å². The Morgan fingerprint density at radius 3 is 2.62 bits per heavy atom. The van der Waals surface area contributed by atoms with Gasteiger partial charge >= 0.3 is 0 Å². The molecule has 4 heteroatoms. The smallest absolute Gasteiger partial charge is 0.253 e. The molecule has 3 aliphatic rings. The summed E-state index contributed by atoms with van der Waals surface area (Å²) in [7, 11) is 0. The maximum absolute atomic E-state index is 13.0. The lowest BCUT2D eigenvalue weighted by molar-refractivity contribution is 0.0792. The zero-order chi connectivity index (χ0) is 19.8. The van der Waals surface area contributed by atoms with Crippen LogP contribution in [0.1, 0.15) is 66.2 Å². The van der Waals surface area contributed by atoms with Gasteiger partial charge in [0.25, 0.3) is 5.91 Å². The van der Waals surface area contributed by atoms with E-state index in [2.05, 4.69) is 59.6 Å². The number of nitrogens with zero attached hydrogens (tertiary/aromatic N) is 2. The molecular weight excluding hydrogens is 358 g/mol. The standard InChI is InChI=1S/C25H31N3O/c1-2-28-22-13-12-19(25(29)27-15-6-7-16-27)17-21(22)23-20(11-8-14-26-23)24(28)18-9-4-3-5-10-18/h3-5,9-10,12-13,17,20,23-24,26H,2,6-8,11,14-16H2,1H3/t20-,23+,24?/m1/s1. The van der Waals surface area contributed by atoms with Crippen LogP contribution >= 0.6 is 0 Å². The van der Waals surface area contributed by atoms with Crippen LogP contribution in [0.2, 0.25) is 0 Å². The van der Waals surface area contributed by atoms with Crippen LogP contribution in [0.25, 0.3) is 0 Å². The second-order valence-electron chi connectivity index (χ2n) is 8.65. The minimum atomic E-state index is 0.200. The van der Waals surface area contributed by atoms with Crippen LogP contribution in [0.15, 0.2) is 48.5 Å². The zero-order valence-electron chi connectivity index (χ0n) is 17.3. The van der Waals surface area contributed by atoms with Crippen LogP contribution in [0.3, 0.4) is 0 Å². The number of piperidine rings is 1. The van der Waals surface area contributed by atoms with E-state index in [1.54, 1.807) is 0 Å². The summed E-state index contributed by atoms with van der Waals surface area (Å²) in [5, 5.41) is 3.81. The second-order valence-corrected chi connectivity index (χ2v) is 8.65. The molecule has 0 bridgehead atoms. The van der Waals surface area contributed by atoms with Crippen molar-refractivity contribution in [2.75, 3.05) is 31.1 Å². The Morgan fingerprint density at radius 1 is 1.07 bits per heavy atom. The minimum absolute atomic E-state index is 0.200. The van der Waals surface area contributed by atoms with Gasteiger partial charge in [-0.25, -0.2) is 0 Å². The highest BCUT2D eigenvalue weighted by molar-refractivity contribution is 5.95. The molecule has 152 valence electrons. The summed E-state index contributed by atoms with van der Waals surface area (Å²) >= 11 is 0. The Bertz CT molecular complexity index is 875. The summed E-state index contributed by atoms with van der Waals surface area (Å²) in [4.78, 5) is 17.6. The molecule has 3 heterocycles. The molecule has 0 aliphatic carbocycles. The van der Waals surface area contributed by atoms with E-state index < -0.39 is 0 Å². The van der Waals surface area contributed by atoms with Gasteiger partial charge in [0, 0.05) is 42.8 Å². The first kappa shape index (κ1) is 18.7. The Kier molecular flexibility index (Phi) is 5.04. The van der Waals surface area contributed by atoms with Gasteiger partial charge in [-0.05, 0) is 68.5 Å². The highest BCUT2D eigenvalue weighted by Crippen LogP contribution is 2.50. The number of likely N-dealkylation sites (tertiary alicyclic amines) is 1. The van der Waals surface area contributed by atoms with Gasteiger partial charge in [-0.3, -0.25) is 4.79 Å². The SMILES string of the molecule is CCN1c2ccc(C(=O)N3CCCC3)cc2[C@H]2NCCC[C@H]2C1c1ccccc1. The third kappa shape index (κ3) is 3.24. The summed E-state index contributed by atoms with van der Waals surface area (Å²) in [6.45, 7) is 6.07. The quantitative estimate of drug-likeness (QED) is 0.837. The number of fused-ring (bicyclic) bond motifs is 3. The van der Waals surface area contributed by atoms with Crippen molar-refractivity contribution in [3.05, 3.63) is 65.2 Å². The Labute approximate surface area is 173 Å². The van der Waals surface area contributed by atoms with Crippen LogP contribution in [0, 0.1) is 5.92 Å². The molecule has 0 aromatic heterocycles. The molecule has 1 N–H and O–H groups in total. The molecule has 2 saturated heterocycles. The predicted octanol–water partition coefficient (Wildman–Crippen LogP) is 4.54. The van der Waals surface area contributed by atoms with Crippen LogP contribution in [0.5, 0.6) is 0 Å². The zero-order valence-corrected chi connectivity index (χ0v) is 17.3. The number of amides is 1. The highest BCUT2D eigenvalue weighted by atomic mass is 16.2. The number of benzene rings is 2. The first-order chi connectivity index (χ1) is 14.3. The molecule has 2 aromatic rings. The summed E-state index contributed by atoms with van der Waals surface area (Å²) in [6, 6.07) is 18.1. The van der Waals surface area contributed by atoms with Crippen molar-refractivity contribution in [1.29, 1.82) is 0 Å². The summed E-state index contributed by atoms with van der Waals surface area (Å²) in [6.07, 6.45) is 4.69. The third-order valence-corrected chi connectivity index (χ3v) is 7.04. The molecule has 0 spiro atoms. The molecule has 2 fully saturated rings. The van der Waals surface area contributed by atoms with E-state index in [1.165, 1.54) is 29.7 Å². The number of carbonyl (C=O) groups excluding carboxylic acids is 1. The van der Waals surface area contributed by atoms with Crippen molar-refractivity contribution in [2.24, 2.45) is 5.92 Å². The molecule has 0 radical (unpaired) electrons. The second kappa shape index (κ2) is 7.83. The molecule has 4 nitrogen and oxygen atoms in total. The van der Waals surface area contributed by atoms with E-state index in [0.717, 1.165) is 44.6 Å². The Morgan fingerprint density at radius 2 is 1.86 bits per heavy atom. The molecular formula is C25H31N3O. The highest BCUT2D eigenvalue weighted by Gasteiger charge is 2.42. The lowest BCUT2D eigenvalue weighted by Crippen LogP contribution is -2.47. The minimum Gasteiger partial charge on any atom is -0.364 e. The van der Waals surface area contributed by atoms with Crippen molar-refractivity contribution in [3.63, 3.8) is 0 Å². The molecule has 3 atom stereocenters. The van der Waals surface area contributed by atoms with Gasteiger partial charge < -0.3 is 15.1 Å². The van der Waals surface area contributed by atoms with Gasteiger partial charge in [-0.1, -0.05) is 30.3 Å². The fourth-order valence-electron chi connectivity index (χ4n) is 5.72. The van der Waals surface area contributed by atoms with Gasteiger partial charge in [0.05, 0.1) is 6.04 Å². The van der Waals surface area contributed by atoms with E-state index >= 15 is 0 Å². The number of nitrogens with one attached hydrogen (secondary N) is 1.